The van der Waals surface area contributed by atoms with Crippen LogP contribution in [0.2, 0.25) is 0 Å². The van der Waals surface area contributed by atoms with Crippen LogP contribution in [0.5, 0.6) is 5.75 Å². The number of rotatable bonds is 4. The molecule has 2 heterocycles. The van der Waals surface area contributed by atoms with Crippen molar-refractivity contribution in [1.29, 1.82) is 0 Å². The van der Waals surface area contributed by atoms with Crippen molar-refractivity contribution in [3.63, 3.8) is 0 Å². The Kier molecular flexibility index (Phi) is 4.12. The lowest BCUT2D eigenvalue weighted by atomic mass is 10.0. The van der Waals surface area contributed by atoms with Crippen LogP contribution < -0.4 is 21.3 Å². The van der Waals surface area contributed by atoms with Gasteiger partial charge in [0.15, 0.2) is 5.16 Å². The second-order valence-electron chi connectivity index (χ2n) is 4.64. The SMILES string of the molecule is CSc1nc(NN)cc(NC2CCOc3ccccc32)n1. The van der Waals surface area contributed by atoms with Crippen LogP contribution in [0.3, 0.4) is 0 Å². The second-order valence-corrected chi connectivity index (χ2v) is 5.41. The van der Waals surface area contributed by atoms with Crippen molar-refractivity contribution in [2.45, 2.75) is 17.6 Å². The quantitative estimate of drug-likeness (QED) is 0.346. The first-order chi connectivity index (χ1) is 10.3. The van der Waals surface area contributed by atoms with E-state index in [-0.39, 0.29) is 6.04 Å². The highest BCUT2D eigenvalue weighted by molar-refractivity contribution is 7.98. The molecule has 0 saturated heterocycles. The third-order valence-corrected chi connectivity index (χ3v) is 3.86. The van der Waals surface area contributed by atoms with Crippen molar-refractivity contribution >= 4 is 23.4 Å². The lowest BCUT2D eigenvalue weighted by molar-refractivity contribution is 0.274. The predicted molar refractivity (Wildman–Crippen MR) is 84.5 cm³/mol. The van der Waals surface area contributed by atoms with Crippen LogP contribution in [0.4, 0.5) is 11.6 Å². The van der Waals surface area contributed by atoms with Crippen LogP contribution >= 0.6 is 11.8 Å². The van der Waals surface area contributed by atoms with Gasteiger partial charge in [0.05, 0.1) is 12.6 Å². The minimum Gasteiger partial charge on any atom is -0.493 e. The molecule has 1 unspecified atom stereocenters. The highest BCUT2D eigenvalue weighted by Gasteiger charge is 2.21. The van der Waals surface area contributed by atoms with Crippen LogP contribution in [0.25, 0.3) is 0 Å². The highest BCUT2D eigenvalue weighted by Crippen LogP contribution is 2.34. The number of fused-ring (bicyclic) bond motifs is 1. The molecule has 110 valence electrons. The van der Waals surface area contributed by atoms with Gasteiger partial charge < -0.3 is 15.5 Å². The largest absolute Gasteiger partial charge is 0.493 e. The number of nitrogens with two attached hydrogens (primary N) is 1. The lowest BCUT2D eigenvalue weighted by Crippen LogP contribution is -2.21. The van der Waals surface area contributed by atoms with Crippen LogP contribution in [0.15, 0.2) is 35.5 Å². The number of anilines is 2. The van der Waals surface area contributed by atoms with E-state index in [1.165, 1.54) is 11.8 Å². The molecule has 0 radical (unpaired) electrons. The van der Waals surface area contributed by atoms with E-state index in [4.69, 9.17) is 10.6 Å². The number of benzene rings is 1. The summed E-state index contributed by atoms with van der Waals surface area (Å²) in [6.07, 6.45) is 2.82. The van der Waals surface area contributed by atoms with Gasteiger partial charge in [-0.3, -0.25) is 0 Å². The zero-order valence-electron chi connectivity index (χ0n) is 11.7. The van der Waals surface area contributed by atoms with E-state index in [2.05, 4.69) is 26.8 Å². The molecule has 1 atom stereocenters. The summed E-state index contributed by atoms with van der Waals surface area (Å²) in [5, 5.41) is 4.12. The number of nitrogen functional groups attached to an aromatic ring is 1. The molecule has 0 amide bonds. The Labute approximate surface area is 127 Å². The molecular weight excluding hydrogens is 286 g/mol. The predicted octanol–water partition coefficient (Wildman–Crippen LogP) is 2.42. The normalized spacial score (nSPS) is 16.8. The van der Waals surface area contributed by atoms with Gasteiger partial charge in [-0.1, -0.05) is 30.0 Å². The minimum absolute atomic E-state index is 0.171. The zero-order chi connectivity index (χ0) is 14.7. The molecule has 1 aromatic heterocycles. The van der Waals surface area contributed by atoms with Gasteiger partial charge in [0.1, 0.15) is 17.4 Å². The molecule has 1 aromatic carbocycles. The first-order valence-electron chi connectivity index (χ1n) is 6.68. The number of thioether (sulfide) groups is 1. The molecule has 2 aromatic rings. The third kappa shape index (κ3) is 3.03. The number of nitrogens with one attached hydrogen (secondary N) is 2. The summed E-state index contributed by atoms with van der Waals surface area (Å²) < 4.78 is 5.67. The van der Waals surface area contributed by atoms with Crippen molar-refractivity contribution in [2.75, 3.05) is 23.6 Å². The van der Waals surface area contributed by atoms with Crippen LogP contribution in [0, 0.1) is 0 Å². The summed E-state index contributed by atoms with van der Waals surface area (Å²) >= 11 is 1.48. The van der Waals surface area contributed by atoms with Gasteiger partial charge in [0.2, 0.25) is 0 Å². The summed E-state index contributed by atoms with van der Waals surface area (Å²) in [6.45, 7) is 0.692. The smallest absolute Gasteiger partial charge is 0.191 e. The van der Waals surface area contributed by atoms with Gasteiger partial charge in [0, 0.05) is 18.1 Å². The second kappa shape index (κ2) is 6.19. The molecular formula is C14H17N5OS. The van der Waals surface area contributed by atoms with Gasteiger partial charge in [-0.25, -0.2) is 15.8 Å². The Balaban J connectivity index is 1.87. The number of hydrogen-bond donors (Lipinski definition) is 3. The van der Waals surface area contributed by atoms with Crippen molar-refractivity contribution in [3.05, 3.63) is 35.9 Å². The average Bonchev–Trinajstić information content (AvgIpc) is 2.55. The fourth-order valence-corrected chi connectivity index (χ4v) is 2.71. The Morgan fingerprint density at radius 3 is 2.90 bits per heavy atom. The average molecular weight is 303 g/mol. The Morgan fingerprint density at radius 2 is 2.10 bits per heavy atom. The number of aromatic nitrogens is 2. The van der Waals surface area contributed by atoms with Gasteiger partial charge in [-0.15, -0.1) is 0 Å². The number of nitrogens with zero attached hydrogens (tertiary/aromatic N) is 2. The first kappa shape index (κ1) is 14.0. The summed E-state index contributed by atoms with van der Waals surface area (Å²) in [5.74, 6) is 7.73. The number of hydrogen-bond acceptors (Lipinski definition) is 7. The van der Waals surface area contributed by atoms with E-state index >= 15 is 0 Å². The summed E-state index contributed by atoms with van der Waals surface area (Å²) in [7, 11) is 0. The summed E-state index contributed by atoms with van der Waals surface area (Å²) in [4.78, 5) is 8.73. The van der Waals surface area contributed by atoms with E-state index in [9.17, 15) is 0 Å². The fourth-order valence-electron chi connectivity index (χ4n) is 2.33. The maximum absolute atomic E-state index is 5.67. The molecule has 0 saturated carbocycles. The van der Waals surface area contributed by atoms with Gasteiger partial charge in [-0.05, 0) is 12.3 Å². The number of para-hydroxylation sites is 1. The standard InChI is InChI=1S/C14H17N5OS/c1-21-14-17-12(8-13(18-14)19-15)16-10-6-7-20-11-5-3-2-4-9(10)11/h2-5,8,10H,6-7,15H2,1H3,(H2,16,17,18,19). The van der Waals surface area contributed by atoms with Crippen molar-refractivity contribution in [1.82, 2.24) is 9.97 Å². The van der Waals surface area contributed by atoms with Crippen LogP contribution in [0.1, 0.15) is 18.0 Å². The van der Waals surface area contributed by atoms with Gasteiger partial charge in [0.25, 0.3) is 0 Å². The van der Waals surface area contributed by atoms with E-state index in [1.807, 2.05) is 24.5 Å². The molecule has 0 fully saturated rings. The Hall–Kier alpha value is -1.99. The lowest BCUT2D eigenvalue weighted by Gasteiger charge is -2.27. The van der Waals surface area contributed by atoms with Crippen LogP contribution in [-0.2, 0) is 0 Å². The highest BCUT2D eigenvalue weighted by atomic mass is 32.2. The Morgan fingerprint density at radius 1 is 1.29 bits per heavy atom. The Bertz CT molecular complexity index is 614. The molecule has 6 nitrogen and oxygen atoms in total. The molecule has 1 aliphatic rings. The van der Waals surface area contributed by atoms with Crippen molar-refractivity contribution in [3.8, 4) is 5.75 Å². The molecule has 0 bridgehead atoms. The van der Waals surface area contributed by atoms with Gasteiger partial charge >= 0.3 is 0 Å². The maximum Gasteiger partial charge on any atom is 0.191 e. The molecule has 0 aliphatic carbocycles. The van der Waals surface area contributed by atoms with Crippen molar-refractivity contribution in [2.24, 2.45) is 5.84 Å². The van der Waals surface area contributed by atoms with Crippen LogP contribution in [-0.4, -0.2) is 22.8 Å². The minimum atomic E-state index is 0.171. The van der Waals surface area contributed by atoms with Gasteiger partial charge in [-0.2, -0.15) is 0 Å². The number of ether oxygens (including phenoxy) is 1. The maximum atomic E-state index is 5.67. The topological polar surface area (TPSA) is 85.1 Å². The molecule has 3 rings (SSSR count). The first-order valence-corrected chi connectivity index (χ1v) is 7.90. The molecule has 1 aliphatic heterocycles. The van der Waals surface area contributed by atoms with Crippen molar-refractivity contribution < 1.29 is 4.74 Å². The third-order valence-electron chi connectivity index (χ3n) is 3.32. The molecule has 0 spiro atoms. The van der Waals surface area contributed by atoms with E-state index < -0.39 is 0 Å². The monoisotopic (exact) mass is 303 g/mol. The zero-order valence-corrected chi connectivity index (χ0v) is 12.5. The molecule has 4 N–H and O–H groups in total. The summed E-state index contributed by atoms with van der Waals surface area (Å²) in [5.41, 5.74) is 3.72. The fraction of sp³-hybridized carbons (Fsp3) is 0.286. The van der Waals surface area contributed by atoms with E-state index in [0.717, 1.165) is 23.6 Å². The molecule has 7 heteroatoms. The van der Waals surface area contributed by atoms with E-state index in [1.54, 1.807) is 6.07 Å². The molecule has 21 heavy (non-hydrogen) atoms. The number of hydrazine groups is 1. The summed E-state index contributed by atoms with van der Waals surface area (Å²) in [6, 6.07) is 10.0. The van der Waals surface area contributed by atoms with E-state index in [0.29, 0.717) is 17.6 Å².